The SMILES string of the molecule is COc1ccc(S(=O)(=O)CC(C)C(=O)NCC2(C)CCNCC2)cc1.Cl. The van der Waals surface area contributed by atoms with Gasteiger partial charge in [0.1, 0.15) is 5.75 Å². The molecule has 1 amide bonds. The summed E-state index contributed by atoms with van der Waals surface area (Å²) in [6.07, 6.45) is 2.01. The van der Waals surface area contributed by atoms with Crippen LogP contribution in [0.15, 0.2) is 29.2 Å². The molecule has 2 N–H and O–H groups in total. The molecule has 2 rings (SSSR count). The Hall–Kier alpha value is -1.31. The first-order valence-corrected chi connectivity index (χ1v) is 10.3. The highest BCUT2D eigenvalue weighted by Crippen LogP contribution is 2.27. The van der Waals surface area contributed by atoms with Crippen molar-refractivity contribution in [2.24, 2.45) is 11.3 Å². The van der Waals surface area contributed by atoms with Crippen molar-refractivity contribution in [3.63, 3.8) is 0 Å². The van der Waals surface area contributed by atoms with Crippen LogP contribution in [0.2, 0.25) is 0 Å². The Balaban J connectivity index is 0.00000338. The minimum atomic E-state index is -3.51. The molecule has 1 saturated heterocycles. The minimum Gasteiger partial charge on any atom is -0.497 e. The number of nitrogens with one attached hydrogen (secondary N) is 2. The van der Waals surface area contributed by atoms with E-state index in [9.17, 15) is 13.2 Å². The second kappa shape index (κ2) is 9.58. The topological polar surface area (TPSA) is 84.5 Å². The van der Waals surface area contributed by atoms with Gasteiger partial charge in [0.05, 0.1) is 17.8 Å². The highest BCUT2D eigenvalue weighted by atomic mass is 35.5. The van der Waals surface area contributed by atoms with Gasteiger partial charge in [-0.3, -0.25) is 4.79 Å². The molecule has 0 aromatic heterocycles. The summed E-state index contributed by atoms with van der Waals surface area (Å²) in [6, 6.07) is 6.23. The molecule has 0 bridgehead atoms. The number of piperidine rings is 1. The quantitative estimate of drug-likeness (QED) is 0.726. The van der Waals surface area contributed by atoms with Crippen molar-refractivity contribution in [1.29, 1.82) is 0 Å². The van der Waals surface area contributed by atoms with Crippen LogP contribution in [0, 0.1) is 11.3 Å². The van der Waals surface area contributed by atoms with E-state index in [0.29, 0.717) is 12.3 Å². The smallest absolute Gasteiger partial charge is 0.223 e. The molecule has 1 aliphatic rings. The lowest BCUT2D eigenvalue weighted by Crippen LogP contribution is -2.44. The van der Waals surface area contributed by atoms with Gasteiger partial charge in [-0.2, -0.15) is 0 Å². The Morgan fingerprint density at radius 1 is 1.27 bits per heavy atom. The monoisotopic (exact) mass is 404 g/mol. The summed E-state index contributed by atoms with van der Waals surface area (Å²) in [6.45, 7) is 6.30. The van der Waals surface area contributed by atoms with Gasteiger partial charge in [0.15, 0.2) is 9.84 Å². The zero-order chi connectivity index (χ0) is 18.5. The van der Waals surface area contributed by atoms with E-state index in [4.69, 9.17) is 4.74 Å². The van der Waals surface area contributed by atoms with Crippen LogP contribution in [0.25, 0.3) is 0 Å². The molecule has 1 aliphatic heterocycles. The summed E-state index contributed by atoms with van der Waals surface area (Å²) in [5.41, 5.74) is 0.0789. The van der Waals surface area contributed by atoms with Gasteiger partial charge in [-0.15, -0.1) is 12.4 Å². The number of carbonyl (C=O) groups excluding carboxylic acids is 1. The molecule has 8 heteroatoms. The maximum absolute atomic E-state index is 12.5. The molecule has 1 aromatic rings. The maximum atomic E-state index is 12.5. The van der Waals surface area contributed by atoms with Crippen LogP contribution in [0.3, 0.4) is 0 Å². The average molecular weight is 405 g/mol. The van der Waals surface area contributed by atoms with Crippen molar-refractivity contribution in [3.8, 4) is 5.75 Å². The molecule has 1 atom stereocenters. The first-order valence-electron chi connectivity index (χ1n) is 8.61. The van der Waals surface area contributed by atoms with Crippen molar-refractivity contribution in [2.45, 2.75) is 31.6 Å². The zero-order valence-corrected chi connectivity index (χ0v) is 17.2. The molecular formula is C18H29ClN2O4S. The van der Waals surface area contributed by atoms with E-state index >= 15 is 0 Å². The van der Waals surface area contributed by atoms with Crippen LogP contribution in [0.5, 0.6) is 5.75 Å². The van der Waals surface area contributed by atoms with Crippen LogP contribution >= 0.6 is 12.4 Å². The van der Waals surface area contributed by atoms with Crippen LogP contribution < -0.4 is 15.4 Å². The standard InChI is InChI=1S/C18H28N2O4S.ClH/c1-14(17(21)20-13-18(2)8-10-19-11-9-18)12-25(22,23)16-6-4-15(24-3)5-7-16;/h4-7,14,19H,8-13H2,1-3H3,(H,20,21);1H. The highest BCUT2D eigenvalue weighted by molar-refractivity contribution is 7.91. The lowest BCUT2D eigenvalue weighted by molar-refractivity contribution is -0.124. The zero-order valence-electron chi connectivity index (χ0n) is 15.6. The molecule has 26 heavy (non-hydrogen) atoms. The first-order chi connectivity index (χ1) is 11.8. The molecule has 1 unspecified atom stereocenters. The van der Waals surface area contributed by atoms with Gasteiger partial charge in [-0.05, 0) is 55.6 Å². The van der Waals surface area contributed by atoms with Gasteiger partial charge in [0.25, 0.3) is 0 Å². The molecule has 148 valence electrons. The number of halogens is 1. The van der Waals surface area contributed by atoms with Crippen molar-refractivity contribution in [3.05, 3.63) is 24.3 Å². The number of carbonyl (C=O) groups is 1. The molecule has 0 saturated carbocycles. The number of amides is 1. The van der Waals surface area contributed by atoms with Crippen LogP contribution in [-0.4, -0.2) is 46.8 Å². The summed E-state index contributed by atoms with van der Waals surface area (Å²) in [7, 11) is -1.99. The third-order valence-electron chi connectivity index (χ3n) is 4.84. The Bertz CT molecular complexity index is 686. The number of methoxy groups -OCH3 is 1. The van der Waals surface area contributed by atoms with E-state index in [-0.39, 0.29) is 34.4 Å². The van der Waals surface area contributed by atoms with E-state index in [2.05, 4.69) is 17.6 Å². The summed E-state index contributed by atoms with van der Waals surface area (Å²) >= 11 is 0. The average Bonchev–Trinajstić information content (AvgIpc) is 2.60. The first kappa shape index (κ1) is 22.7. The lowest BCUT2D eigenvalue weighted by Gasteiger charge is -2.34. The number of rotatable bonds is 7. The summed E-state index contributed by atoms with van der Waals surface area (Å²) in [4.78, 5) is 12.5. The van der Waals surface area contributed by atoms with Gasteiger partial charge in [0, 0.05) is 12.5 Å². The maximum Gasteiger partial charge on any atom is 0.223 e. The molecule has 0 spiro atoms. The van der Waals surface area contributed by atoms with E-state index in [0.717, 1.165) is 25.9 Å². The van der Waals surface area contributed by atoms with Crippen molar-refractivity contribution in [1.82, 2.24) is 10.6 Å². The Morgan fingerprint density at radius 2 is 1.85 bits per heavy atom. The second-order valence-corrected chi connectivity index (χ2v) is 9.17. The fourth-order valence-electron chi connectivity index (χ4n) is 2.97. The molecule has 0 radical (unpaired) electrons. The second-order valence-electron chi connectivity index (χ2n) is 7.14. The van der Waals surface area contributed by atoms with Gasteiger partial charge in [-0.1, -0.05) is 13.8 Å². The van der Waals surface area contributed by atoms with Crippen LogP contribution in [0.4, 0.5) is 0 Å². The number of benzene rings is 1. The van der Waals surface area contributed by atoms with E-state index in [1.54, 1.807) is 19.1 Å². The number of ether oxygens (including phenoxy) is 1. The molecule has 6 nitrogen and oxygen atoms in total. The van der Waals surface area contributed by atoms with Crippen LogP contribution in [-0.2, 0) is 14.6 Å². The van der Waals surface area contributed by atoms with Gasteiger partial charge >= 0.3 is 0 Å². The van der Waals surface area contributed by atoms with E-state index in [1.807, 2.05) is 0 Å². The molecular weight excluding hydrogens is 376 g/mol. The minimum absolute atomic E-state index is 0. The van der Waals surface area contributed by atoms with Crippen molar-refractivity contribution in [2.75, 3.05) is 32.5 Å². The van der Waals surface area contributed by atoms with E-state index < -0.39 is 15.8 Å². The van der Waals surface area contributed by atoms with Gasteiger partial charge < -0.3 is 15.4 Å². The molecule has 1 heterocycles. The number of hydrogen-bond acceptors (Lipinski definition) is 5. The van der Waals surface area contributed by atoms with E-state index in [1.165, 1.54) is 19.2 Å². The lowest BCUT2D eigenvalue weighted by atomic mass is 9.81. The number of hydrogen-bond donors (Lipinski definition) is 2. The van der Waals surface area contributed by atoms with Gasteiger partial charge in [-0.25, -0.2) is 8.42 Å². The summed E-state index contributed by atoms with van der Waals surface area (Å²) < 4.78 is 30.0. The van der Waals surface area contributed by atoms with Gasteiger partial charge in [0.2, 0.25) is 5.91 Å². The number of sulfone groups is 1. The molecule has 0 aliphatic carbocycles. The Morgan fingerprint density at radius 3 is 2.38 bits per heavy atom. The fourth-order valence-corrected chi connectivity index (χ4v) is 4.52. The molecule has 1 aromatic carbocycles. The Labute approximate surface area is 162 Å². The Kier molecular flexibility index (Phi) is 8.37. The van der Waals surface area contributed by atoms with Crippen LogP contribution in [0.1, 0.15) is 26.7 Å². The highest BCUT2D eigenvalue weighted by Gasteiger charge is 2.29. The normalized spacial score (nSPS) is 17.7. The van der Waals surface area contributed by atoms with Crippen molar-refractivity contribution >= 4 is 28.2 Å². The van der Waals surface area contributed by atoms with Crippen molar-refractivity contribution < 1.29 is 17.9 Å². The largest absolute Gasteiger partial charge is 0.497 e. The molecule has 1 fully saturated rings. The third-order valence-corrected chi connectivity index (χ3v) is 6.76. The predicted octanol–water partition coefficient (Wildman–Crippen LogP) is 2.03. The summed E-state index contributed by atoms with van der Waals surface area (Å²) in [5, 5.41) is 6.24. The predicted molar refractivity (Wildman–Crippen MR) is 105 cm³/mol. The third kappa shape index (κ3) is 6.14. The fraction of sp³-hybridized carbons (Fsp3) is 0.611. The summed E-state index contributed by atoms with van der Waals surface area (Å²) in [5.74, 6) is -0.419.